The Bertz CT molecular complexity index is 268. The van der Waals surface area contributed by atoms with Gasteiger partial charge in [-0.25, -0.2) is 4.79 Å². The normalized spacial score (nSPS) is 22.7. The molecule has 2 unspecified atom stereocenters. The number of amides is 1. The van der Waals surface area contributed by atoms with Crippen LogP contribution in [0, 0.1) is 5.92 Å². The number of morpholine rings is 1. The van der Waals surface area contributed by atoms with Crippen LogP contribution in [0.3, 0.4) is 0 Å². The van der Waals surface area contributed by atoms with Gasteiger partial charge >= 0.3 is 6.09 Å². The number of alkyl carbamates (subject to hydrolysis) is 1. The maximum Gasteiger partial charge on any atom is 0.407 e. The highest BCUT2D eigenvalue weighted by molar-refractivity contribution is 5.68. The zero-order chi connectivity index (χ0) is 13.8. The van der Waals surface area contributed by atoms with Crippen molar-refractivity contribution in [3.63, 3.8) is 0 Å². The van der Waals surface area contributed by atoms with Crippen molar-refractivity contribution < 1.29 is 14.3 Å². The lowest BCUT2D eigenvalue weighted by molar-refractivity contribution is -0.0120. The van der Waals surface area contributed by atoms with Crippen molar-refractivity contribution in [2.45, 2.75) is 52.4 Å². The van der Waals surface area contributed by atoms with Crippen LogP contribution in [-0.2, 0) is 9.47 Å². The van der Waals surface area contributed by atoms with E-state index < -0.39 is 5.60 Å². The summed E-state index contributed by atoms with van der Waals surface area (Å²) < 4.78 is 11.0. The molecule has 0 bridgehead atoms. The minimum atomic E-state index is -0.475. The topological polar surface area (TPSA) is 59.6 Å². The molecule has 1 saturated heterocycles. The predicted molar refractivity (Wildman–Crippen MR) is 70.6 cm³/mol. The van der Waals surface area contributed by atoms with E-state index in [1.54, 1.807) is 0 Å². The Morgan fingerprint density at radius 3 is 2.56 bits per heavy atom. The van der Waals surface area contributed by atoms with Crippen molar-refractivity contribution in [2.24, 2.45) is 5.92 Å². The van der Waals surface area contributed by atoms with Crippen LogP contribution in [0.25, 0.3) is 0 Å². The van der Waals surface area contributed by atoms with Crippen LogP contribution >= 0.6 is 0 Å². The molecule has 5 heteroatoms. The maximum atomic E-state index is 11.8. The highest BCUT2D eigenvalue weighted by Crippen LogP contribution is 2.13. The van der Waals surface area contributed by atoms with Crippen LogP contribution in [0.1, 0.15) is 34.6 Å². The first-order valence-corrected chi connectivity index (χ1v) is 6.61. The third kappa shape index (κ3) is 5.23. The fourth-order valence-corrected chi connectivity index (χ4v) is 1.95. The standard InChI is InChI=1S/C13H26N2O3/c1-9(2)11(10-8-14-6-7-17-10)15-12(16)18-13(3,4)5/h9-11,14H,6-8H2,1-5H3,(H,15,16). The minimum absolute atomic E-state index is 0.00580. The van der Waals surface area contributed by atoms with Crippen molar-refractivity contribution in [3.05, 3.63) is 0 Å². The van der Waals surface area contributed by atoms with Crippen LogP contribution in [0.2, 0.25) is 0 Å². The van der Waals surface area contributed by atoms with Gasteiger partial charge in [0.1, 0.15) is 5.60 Å². The highest BCUT2D eigenvalue weighted by Gasteiger charge is 2.30. The fraction of sp³-hybridized carbons (Fsp3) is 0.923. The van der Waals surface area contributed by atoms with Gasteiger partial charge in [-0.2, -0.15) is 0 Å². The number of carbonyl (C=O) groups is 1. The largest absolute Gasteiger partial charge is 0.444 e. The molecule has 1 aliphatic rings. The Kier molecular flexibility index (Phi) is 5.41. The van der Waals surface area contributed by atoms with E-state index in [0.717, 1.165) is 13.1 Å². The summed E-state index contributed by atoms with van der Waals surface area (Å²) in [6, 6.07) is -0.0346. The quantitative estimate of drug-likeness (QED) is 0.806. The average Bonchev–Trinajstić information content (AvgIpc) is 2.24. The molecule has 5 nitrogen and oxygen atoms in total. The summed E-state index contributed by atoms with van der Waals surface area (Å²) in [6.07, 6.45) is -0.373. The number of hydrogen-bond acceptors (Lipinski definition) is 4. The lowest BCUT2D eigenvalue weighted by Gasteiger charge is -2.34. The first-order valence-electron chi connectivity index (χ1n) is 6.61. The SMILES string of the molecule is CC(C)C(NC(=O)OC(C)(C)C)C1CNCCO1. The molecule has 0 radical (unpaired) electrons. The van der Waals surface area contributed by atoms with Gasteiger partial charge in [0.05, 0.1) is 18.8 Å². The molecule has 106 valence electrons. The zero-order valence-corrected chi connectivity index (χ0v) is 12.1. The van der Waals surface area contributed by atoms with Crippen LogP contribution in [0.5, 0.6) is 0 Å². The van der Waals surface area contributed by atoms with E-state index in [-0.39, 0.29) is 18.2 Å². The zero-order valence-electron chi connectivity index (χ0n) is 12.1. The summed E-state index contributed by atoms with van der Waals surface area (Å²) in [6.45, 7) is 12.0. The summed E-state index contributed by atoms with van der Waals surface area (Å²) >= 11 is 0. The van der Waals surface area contributed by atoms with Crippen LogP contribution in [0.15, 0.2) is 0 Å². The van der Waals surface area contributed by atoms with Crippen molar-refractivity contribution >= 4 is 6.09 Å². The minimum Gasteiger partial charge on any atom is -0.444 e. The Morgan fingerprint density at radius 1 is 1.44 bits per heavy atom. The molecule has 1 rings (SSSR count). The van der Waals surface area contributed by atoms with Gasteiger partial charge in [0.25, 0.3) is 0 Å². The van der Waals surface area contributed by atoms with Gasteiger partial charge in [-0.3, -0.25) is 0 Å². The second-order valence-electron chi connectivity index (χ2n) is 6.03. The molecule has 1 aliphatic heterocycles. The molecule has 0 saturated carbocycles. The summed E-state index contributed by atoms with van der Waals surface area (Å²) in [5, 5.41) is 6.19. The van der Waals surface area contributed by atoms with E-state index in [1.807, 2.05) is 20.8 Å². The summed E-state index contributed by atoms with van der Waals surface area (Å²) in [4.78, 5) is 11.8. The molecule has 0 spiro atoms. The average molecular weight is 258 g/mol. The molecule has 0 aromatic carbocycles. The lowest BCUT2D eigenvalue weighted by Crippen LogP contribution is -2.55. The van der Waals surface area contributed by atoms with Gasteiger partial charge in [0, 0.05) is 13.1 Å². The van der Waals surface area contributed by atoms with Gasteiger partial charge in [-0.15, -0.1) is 0 Å². The Morgan fingerprint density at radius 2 is 2.11 bits per heavy atom. The van der Waals surface area contributed by atoms with Gasteiger partial charge < -0.3 is 20.1 Å². The molecule has 2 atom stereocenters. The van der Waals surface area contributed by atoms with Crippen LogP contribution < -0.4 is 10.6 Å². The van der Waals surface area contributed by atoms with Crippen molar-refractivity contribution in [3.8, 4) is 0 Å². The number of carbonyl (C=O) groups excluding carboxylic acids is 1. The molecule has 0 aromatic heterocycles. The first-order chi connectivity index (χ1) is 8.29. The molecule has 2 N–H and O–H groups in total. The van der Waals surface area contributed by atoms with E-state index >= 15 is 0 Å². The highest BCUT2D eigenvalue weighted by atomic mass is 16.6. The third-order valence-electron chi connectivity index (χ3n) is 2.76. The predicted octanol–water partition coefficient (Wildman–Crippen LogP) is 1.52. The second-order valence-corrected chi connectivity index (χ2v) is 6.03. The van der Waals surface area contributed by atoms with Crippen molar-refractivity contribution in [2.75, 3.05) is 19.7 Å². The van der Waals surface area contributed by atoms with Gasteiger partial charge in [0.15, 0.2) is 0 Å². The molecule has 0 aromatic rings. The van der Waals surface area contributed by atoms with Crippen molar-refractivity contribution in [1.29, 1.82) is 0 Å². The van der Waals surface area contributed by atoms with E-state index in [9.17, 15) is 4.79 Å². The first kappa shape index (κ1) is 15.2. The molecule has 1 fully saturated rings. The van der Waals surface area contributed by atoms with Crippen LogP contribution in [-0.4, -0.2) is 43.5 Å². The molecule has 18 heavy (non-hydrogen) atoms. The molecule has 1 amide bonds. The molecule has 1 heterocycles. The van der Waals surface area contributed by atoms with Crippen molar-refractivity contribution in [1.82, 2.24) is 10.6 Å². The lowest BCUT2D eigenvalue weighted by atomic mass is 9.98. The molecule has 0 aliphatic carbocycles. The monoisotopic (exact) mass is 258 g/mol. The third-order valence-corrected chi connectivity index (χ3v) is 2.76. The van der Waals surface area contributed by atoms with E-state index in [2.05, 4.69) is 24.5 Å². The number of hydrogen-bond donors (Lipinski definition) is 2. The van der Waals surface area contributed by atoms with Gasteiger partial charge in [0.2, 0.25) is 0 Å². The molecular weight excluding hydrogens is 232 g/mol. The van der Waals surface area contributed by atoms with E-state index in [0.29, 0.717) is 12.5 Å². The van der Waals surface area contributed by atoms with Gasteiger partial charge in [-0.05, 0) is 26.7 Å². The Hall–Kier alpha value is -0.810. The number of ether oxygens (including phenoxy) is 2. The van der Waals surface area contributed by atoms with Gasteiger partial charge in [-0.1, -0.05) is 13.8 Å². The summed E-state index contributed by atoms with van der Waals surface area (Å²) in [7, 11) is 0. The van der Waals surface area contributed by atoms with E-state index in [4.69, 9.17) is 9.47 Å². The fourth-order valence-electron chi connectivity index (χ4n) is 1.95. The number of rotatable bonds is 3. The van der Waals surface area contributed by atoms with E-state index in [1.165, 1.54) is 0 Å². The Labute approximate surface area is 110 Å². The second kappa shape index (κ2) is 6.38. The maximum absolute atomic E-state index is 11.8. The Balaban J connectivity index is 2.54. The van der Waals surface area contributed by atoms with Crippen LogP contribution in [0.4, 0.5) is 4.79 Å². The number of nitrogens with one attached hydrogen (secondary N) is 2. The smallest absolute Gasteiger partial charge is 0.407 e. The molecular formula is C13H26N2O3. The summed E-state index contributed by atoms with van der Waals surface area (Å²) in [5.74, 6) is 0.294. The summed E-state index contributed by atoms with van der Waals surface area (Å²) in [5.41, 5.74) is -0.475.